The number of nitrogens with zero attached hydrogens (tertiary/aromatic N) is 3. The second-order valence-electron chi connectivity index (χ2n) is 7.62. The summed E-state index contributed by atoms with van der Waals surface area (Å²) < 4.78 is 0. The minimum atomic E-state index is -0.619. The third-order valence-corrected chi connectivity index (χ3v) is 5.02. The highest BCUT2D eigenvalue weighted by molar-refractivity contribution is 5.94. The maximum atomic E-state index is 12.0. The number of nitrogens with one attached hydrogen (secondary N) is 2. The van der Waals surface area contributed by atoms with Crippen molar-refractivity contribution in [1.82, 2.24) is 15.2 Å². The van der Waals surface area contributed by atoms with Crippen LogP contribution in [0.2, 0.25) is 0 Å². The molecule has 8 nitrogen and oxygen atoms in total. The van der Waals surface area contributed by atoms with Crippen molar-refractivity contribution in [3.63, 3.8) is 0 Å². The van der Waals surface area contributed by atoms with Gasteiger partial charge in [0.25, 0.3) is 0 Å². The van der Waals surface area contributed by atoms with Gasteiger partial charge in [-0.15, -0.1) is 37.2 Å². The monoisotopic (exact) mass is 484 g/mol. The van der Waals surface area contributed by atoms with Crippen LogP contribution >= 0.6 is 37.2 Å². The molecular weight excluding hydrogens is 451 g/mol. The molecule has 1 aliphatic rings. The molecule has 174 valence electrons. The number of hydrogen-bond donors (Lipinski definition) is 3. The zero-order chi connectivity index (χ0) is 20.0. The van der Waals surface area contributed by atoms with Gasteiger partial charge in [-0.2, -0.15) is 0 Å². The number of anilines is 2. The lowest BCUT2D eigenvalue weighted by Gasteiger charge is -2.36. The van der Waals surface area contributed by atoms with E-state index in [1.54, 1.807) is 12.3 Å². The summed E-state index contributed by atoms with van der Waals surface area (Å²) in [6.07, 6.45) is 4.03. The summed E-state index contributed by atoms with van der Waals surface area (Å²) in [6, 6.07) is 3.76. The van der Waals surface area contributed by atoms with E-state index in [-0.39, 0.29) is 61.5 Å². The Kier molecular flexibility index (Phi) is 15.1. The average Bonchev–Trinajstić information content (AvgIpc) is 2.66. The molecule has 2 rings (SSSR count). The normalized spacial score (nSPS) is 14.8. The molecule has 2 amide bonds. The first kappa shape index (κ1) is 30.9. The van der Waals surface area contributed by atoms with Gasteiger partial charge in [-0.1, -0.05) is 13.8 Å². The lowest BCUT2D eigenvalue weighted by molar-refractivity contribution is -0.125. The van der Waals surface area contributed by atoms with Gasteiger partial charge in [-0.05, 0) is 45.0 Å². The summed E-state index contributed by atoms with van der Waals surface area (Å²) in [5, 5.41) is 5.23. The third-order valence-electron chi connectivity index (χ3n) is 5.02. The van der Waals surface area contributed by atoms with Gasteiger partial charge in [0.2, 0.25) is 11.8 Å². The SMILES string of the molecule is CC(C)[C@H](N)C(=O)NCC(=O)Nc1ccc(N2CCC(N(C)C)CC2)cn1.Cl.Cl.Cl. The van der Waals surface area contributed by atoms with E-state index < -0.39 is 6.04 Å². The van der Waals surface area contributed by atoms with E-state index in [4.69, 9.17) is 5.73 Å². The smallest absolute Gasteiger partial charge is 0.244 e. The Morgan fingerprint density at radius 1 is 1.20 bits per heavy atom. The molecule has 0 aromatic carbocycles. The highest BCUT2D eigenvalue weighted by Gasteiger charge is 2.21. The van der Waals surface area contributed by atoms with Gasteiger partial charge in [0, 0.05) is 19.1 Å². The van der Waals surface area contributed by atoms with Gasteiger partial charge < -0.3 is 26.2 Å². The van der Waals surface area contributed by atoms with Crippen LogP contribution in [0.3, 0.4) is 0 Å². The van der Waals surface area contributed by atoms with Crippen LogP contribution in [0.15, 0.2) is 18.3 Å². The number of hydrogen-bond acceptors (Lipinski definition) is 6. The first-order valence-electron chi connectivity index (χ1n) is 9.48. The molecule has 1 saturated heterocycles. The van der Waals surface area contributed by atoms with Crippen LogP contribution in [0, 0.1) is 5.92 Å². The van der Waals surface area contributed by atoms with Crippen molar-refractivity contribution < 1.29 is 9.59 Å². The minimum Gasteiger partial charge on any atom is -0.370 e. The molecule has 0 spiro atoms. The molecule has 0 bridgehead atoms. The van der Waals surface area contributed by atoms with Gasteiger partial charge in [-0.3, -0.25) is 9.59 Å². The van der Waals surface area contributed by atoms with Crippen molar-refractivity contribution >= 4 is 60.5 Å². The largest absolute Gasteiger partial charge is 0.370 e. The van der Waals surface area contributed by atoms with Gasteiger partial charge in [0.1, 0.15) is 5.82 Å². The van der Waals surface area contributed by atoms with Gasteiger partial charge in [-0.25, -0.2) is 4.98 Å². The summed E-state index contributed by atoms with van der Waals surface area (Å²) in [4.78, 5) is 32.7. The summed E-state index contributed by atoms with van der Waals surface area (Å²) in [7, 11) is 4.25. The summed E-state index contributed by atoms with van der Waals surface area (Å²) in [5.74, 6) is -0.171. The van der Waals surface area contributed by atoms with Gasteiger partial charge >= 0.3 is 0 Å². The highest BCUT2D eigenvalue weighted by atomic mass is 35.5. The zero-order valence-corrected chi connectivity index (χ0v) is 20.4. The predicted octanol–water partition coefficient (Wildman–Crippen LogP) is 1.92. The van der Waals surface area contributed by atoms with Crippen molar-refractivity contribution in [1.29, 1.82) is 0 Å². The highest BCUT2D eigenvalue weighted by Crippen LogP contribution is 2.21. The van der Waals surface area contributed by atoms with E-state index in [0.29, 0.717) is 11.9 Å². The number of nitrogens with two attached hydrogens (primary N) is 1. The molecule has 11 heteroatoms. The van der Waals surface area contributed by atoms with Crippen LogP contribution in [0.1, 0.15) is 26.7 Å². The van der Waals surface area contributed by atoms with Crippen molar-refractivity contribution in [3.8, 4) is 0 Å². The van der Waals surface area contributed by atoms with E-state index in [1.165, 1.54) is 0 Å². The molecule has 1 atom stereocenters. The van der Waals surface area contributed by atoms with Crippen molar-refractivity contribution in [2.45, 2.75) is 38.8 Å². The molecule has 0 unspecified atom stereocenters. The molecule has 4 N–H and O–H groups in total. The van der Waals surface area contributed by atoms with Crippen molar-refractivity contribution in [2.24, 2.45) is 11.7 Å². The molecule has 0 aliphatic carbocycles. The Hall–Kier alpha value is -1.32. The van der Waals surface area contributed by atoms with Crippen LogP contribution in [-0.2, 0) is 9.59 Å². The van der Waals surface area contributed by atoms with E-state index in [2.05, 4.69) is 39.5 Å². The Morgan fingerprint density at radius 2 is 1.80 bits per heavy atom. The molecule has 30 heavy (non-hydrogen) atoms. The fraction of sp³-hybridized carbons (Fsp3) is 0.632. The number of aromatic nitrogens is 1. The van der Waals surface area contributed by atoms with E-state index in [0.717, 1.165) is 31.6 Å². The number of pyridine rings is 1. The quantitative estimate of drug-likeness (QED) is 0.545. The van der Waals surface area contributed by atoms with Crippen LogP contribution in [0.4, 0.5) is 11.5 Å². The molecule has 0 saturated carbocycles. The van der Waals surface area contributed by atoms with E-state index in [9.17, 15) is 9.59 Å². The number of carbonyl (C=O) groups is 2. The number of amides is 2. The summed E-state index contributed by atoms with van der Waals surface area (Å²) in [6.45, 7) is 5.59. The molecule has 1 aromatic heterocycles. The fourth-order valence-electron chi connectivity index (χ4n) is 3.06. The van der Waals surface area contributed by atoms with Gasteiger partial charge in [0.15, 0.2) is 0 Å². The third kappa shape index (κ3) is 9.22. The first-order valence-corrected chi connectivity index (χ1v) is 9.48. The number of carbonyl (C=O) groups excluding carboxylic acids is 2. The topological polar surface area (TPSA) is 104 Å². The molecule has 2 heterocycles. The molecule has 1 aromatic rings. The maximum absolute atomic E-state index is 12.0. The molecule has 1 aliphatic heterocycles. The van der Waals surface area contributed by atoms with E-state index in [1.807, 2.05) is 19.9 Å². The Labute approximate surface area is 197 Å². The number of rotatable bonds is 7. The first-order chi connectivity index (χ1) is 12.8. The minimum absolute atomic E-state index is 0. The average molecular weight is 486 g/mol. The van der Waals surface area contributed by atoms with Crippen molar-refractivity contribution in [2.75, 3.05) is 43.9 Å². The fourth-order valence-corrected chi connectivity index (χ4v) is 3.06. The maximum Gasteiger partial charge on any atom is 0.244 e. The lowest BCUT2D eigenvalue weighted by Crippen LogP contribution is -2.46. The van der Waals surface area contributed by atoms with Gasteiger partial charge in [0.05, 0.1) is 24.5 Å². The van der Waals surface area contributed by atoms with E-state index >= 15 is 0 Å². The summed E-state index contributed by atoms with van der Waals surface area (Å²) >= 11 is 0. The lowest BCUT2D eigenvalue weighted by atomic mass is 10.0. The van der Waals surface area contributed by atoms with Crippen LogP contribution in [-0.4, -0.2) is 67.5 Å². The molecule has 0 radical (unpaired) electrons. The Balaban J connectivity index is 0. The Bertz CT molecular complexity index is 638. The number of halogens is 3. The second kappa shape index (κ2) is 14.6. The zero-order valence-electron chi connectivity index (χ0n) is 18.0. The standard InChI is InChI=1S/C19H32N6O2.3ClH/c1-13(2)18(20)19(27)22-12-17(26)23-16-6-5-15(11-21-16)25-9-7-14(8-10-25)24(3)4;;;/h5-6,11,13-14,18H,7-10,12,20H2,1-4H3,(H,22,27)(H,21,23,26);3*1H/t18-;;;/m0.../s1. The van der Waals surface area contributed by atoms with Crippen molar-refractivity contribution in [3.05, 3.63) is 18.3 Å². The van der Waals surface area contributed by atoms with Crippen LogP contribution < -0.4 is 21.3 Å². The van der Waals surface area contributed by atoms with Crippen LogP contribution in [0.25, 0.3) is 0 Å². The molecular formula is C19H35Cl3N6O2. The van der Waals surface area contributed by atoms with Crippen LogP contribution in [0.5, 0.6) is 0 Å². The number of piperidine rings is 1. The predicted molar refractivity (Wildman–Crippen MR) is 129 cm³/mol. The second-order valence-corrected chi connectivity index (χ2v) is 7.62. The Morgan fingerprint density at radius 3 is 2.27 bits per heavy atom. The summed E-state index contributed by atoms with van der Waals surface area (Å²) in [5.41, 5.74) is 6.80. The molecule has 1 fully saturated rings.